The Hall–Kier alpha value is -1.79. The number of benzene rings is 1. The van der Waals surface area contributed by atoms with Crippen molar-refractivity contribution in [3.05, 3.63) is 23.8 Å². The molecule has 166 valence electrons. The van der Waals surface area contributed by atoms with Gasteiger partial charge in [-0.15, -0.1) is 0 Å². The molecule has 3 fully saturated rings. The molecule has 2 N–H and O–H groups in total. The zero-order valence-electron chi connectivity index (χ0n) is 18.5. The van der Waals surface area contributed by atoms with Crippen LogP contribution in [0.2, 0.25) is 0 Å². The van der Waals surface area contributed by atoms with E-state index >= 15 is 0 Å². The predicted molar refractivity (Wildman–Crippen MR) is 115 cm³/mol. The summed E-state index contributed by atoms with van der Waals surface area (Å²) in [6.07, 6.45) is 8.35. The van der Waals surface area contributed by atoms with Gasteiger partial charge < -0.3 is 24.4 Å². The van der Waals surface area contributed by atoms with Gasteiger partial charge in [0.15, 0.2) is 18.0 Å². The number of fused-ring (bicyclic) bond motifs is 1. The van der Waals surface area contributed by atoms with Crippen LogP contribution in [0.25, 0.3) is 0 Å². The molecule has 1 aliphatic carbocycles. The highest BCUT2D eigenvalue weighted by atomic mass is 16.5. The highest BCUT2D eigenvalue weighted by molar-refractivity contribution is 5.77. The number of aliphatic hydroxyl groups is 1. The van der Waals surface area contributed by atoms with Gasteiger partial charge in [-0.2, -0.15) is 0 Å². The van der Waals surface area contributed by atoms with E-state index in [0.29, 0.717) is 18.0 Å². The third-order valence-corrected chi connectivity index (χ3v) is 7.64. The molecule has 1 amide bonds. The van der Waals surface area contributed by atoms with Crippen LogP contribution in [0.15, 0.2) is 18.2 Å². The van der Waals surface area contributed by atoms with E-state index in [0.717, 1.165) is 70.1 Å². The molecule has 4 rings (SSSR count). The molecule has 6 heteroatoms. The first kappa shape index (κ1) is 21.4. The molecule has 1 unspecified atom stereocenters. The number of ether oxygens (including phenoxy) is 2. The molecule has 4 atom stereocenters. The van der Waals surface area contributed by atoms with Gasteiger partial charge in [0.25, 0.3) is 5.91 Å². The fourth-order valence-electron chi connectivity index (χ4n) is 6.02. The van der Waals surface area contributed by atoms with Crippen LogP contribution in [-0.2, 0) is 4.79 Å². The van der Waals surface area contributed by atoms with Crippen molar-refractivity contribution >= 4 is 5.91 Å². The summed E-state index contributed by atoms with van der Waals surface area (Å²) in [5, 5.41) is 11.5. The van der Waals surface area contributed by atoms with Gasteiger partial charge in [0.1, 0.15) is 6.04 Å². The molecule has 2 saturated heterocycles. The molecule has 0 spiro atoms. The second-order valence-corrected chi connectivity index (χ2v) is 9.32. The van der Waals surface area contributed by atoms with Crippen molar-refractivity contribution in [1.29, 1.82) is 0 Å². The summed E-state index contributed by atoms with van der Waals surface area (Å²) in [6.45, 7) is 3.11. The summed E-state index contributed by atoms with van der Waals surface area (Å²) in [7, 11) is 3.30. The van der Waals surface area contributed by atoms with Crippen LogP contribution in [0.5, 0.6) is 11.5 Å². The Kier molecular flexibility index (Phi) is 6.54. The smallest absolute Gasteiger partial charge is 0.277 e. The number of carbonyl (C=O) groups excluding carboxylic acids is 1. The molecular formula is C24H37N2O4+. The van der Waals surface area contributed by atoms with Crippen LogP contribution < -0.4 is 14.4 Å². The zero-order valence-corrected chi connectivity index (χ0v) is 18.5. The lowest BCUT2D eigenvalue weighted by atomic mass is 9.66. The van der Waals surface area contributed by atoms with E-state index in [2.05, 4.69) is 12.1 Å². The summed E-state index contributed by atoms with van der Waals surface area (Å²) in [6, 6.07) is 6.19. The van der Waals surface area contributed by atoms with Gasteiger partial charge in [0.05, 0.1) is 26.4 Å². The van der Waals surface area contributed by atoms with Crippen molar-refractivity contribution in [2.75, 3.05) is 40.4 Å². The van der Waals surface area contributed by atoms with Crippen LogP contribution in [0.1, 0.15) is 63.0 Å². The van der Waals surface area contributed by atoms with Crippen molar-refractivity contribution < 1.29 is 24.3 Å². The maximum absolute atomic E-state index is 13.1. The topological polar surface area (TPSA) is 63.4 Å². The van der Waals surface area contributed by atoms with Gasteiger partial charge in [-0.05, 0) is 50.3 Å². The highest BCUT2D eigenvalue weighted by Gasteiger charge is 2.52. The minimum absolute atomic E-state index is 0.0950. The Morgan fingerprint density at radius 3 is 2.60 bits per heavy atom. The fourth-order valence-corrected chi connectivity index (χ4v) is 6.02. The minimum atomic E-state index is -0.617. The van der Waals surface area contributed by atoms with E-state index in [1.165, 1.54) is 11.3 Å². The number of carbonyl (C=O) groups is 1. The molecule has 0 radical (unpaired) electrons. The Balaban J connectivity index is 1.63. The lowest BCUT2D eigenvalue weighted by molar-refractivity contribution is -0.938. The Labute approximate surface area is 180 Å². The monoisotopic (exact) mass is 417 g/mol. The third kappa shape index (κ3) is 4.17. The van der Waals surface area contributed by atoms with Crippen LogP contribution >= 0.6 is 0 Å². The summed E-state index contributed by atoms with van der Waals surface area (Å²) in [5.41, 5.74) is 0.521. The molecule has 1 saturated carbocycles. The fraction of sp³-hybridized carbons (Fsp3) is 0.708. The average molecular weight is 418 g/mol. The first-order chi connectivity index (χ1) is 14.6. The number of piperidine rings is 2. The van der Waals surface area contributed by atoms with Gasteiger partial charge in [0, 0.05) is 31.0 Å². The van der Waals surface area contributed by atoms with E-state index in [1.54, 1.807) is 14.2 Å². The first-order valence-electron chi connectivity index (χ1n) is 11.6. The zero-order chi connectivity index (χ0) is 21.1. The maximum Gasteiger partial charge on any atom is 0.277 e. The number of methoxy groups -OCH3 is 2. The molecular weight excluding hydrogens is 380 g/mol. The number of rotatable bonds is 5. The van der Waals surface area contributed by atoms with Crippen molar-refractivity contribution in [2.45, 2.75) is 63.0 Å². The molecule has 1 aromatic carbocycles. The number of hydrogen-bond acceptors (Lipinski definition) is 4. The summed E-state index contributed by atoms with van der Waals surface area (Å²) < 4.78 is 11.0. The van der Waals surface area contributed by atoms with Crippen molar-refractivity contribution in [2.24, 2.45) is 5.92 Å². The normalized spacial score (nSPS) is 31.7. The van der Waals surface area contributed by atoms with Gasteiger partial charge in [-0.25, -0.2) is 0 Å². The van der Waals surface area contributed by atoms with E-state index in [-0.39, 0.29) is 17.9 Å². The predicted octanol–water partition coefficient (Wildman–Crippen LogP) is 1.97. The lowest BCUT2D eigenvalue weighted by Gasteiger charge is -2.50. The van der Waals surface area contributed by atoms with Crippen LogP contribution in [0.3, 0.4) is 0 Å². The Morgan fingerprint density at radius 1 is 1.10 bits per heavy atom. The molecule has 2 heterocycles. The summed E-state index contributed by atoms with van der Waals surface area (Å²) >= 11 is 0. The first-order valence-corrected chi connectivity index (χ1v) is 11.6. The molecule has 1 aromatic rings. The quantitative estimate of drug-likeness (QED) is 0.769. The van der Waals surface area contributed by atoms with Crippen LogP contribution in [0, 0.1) is 5.92 Å². The molecule has 6 nitrogen and oxygen atoms in total. The van der Waals surface area contributed by atoms with Crippen molar-refractivity contribution in [3.63, 3.8) is 0 Å². The molecule has 0 aromatic heterocycles. The average Bonchev–Trinajstić information content (AvgIpc) is 2.79. The molecule has 2 aliphatic heterocycles. The Morgan fingerprint density at radius 2 is 1.87 bits per heavy atom. The van der Waals surface area contributed by atoms with Crippen LogP contribution in [-0.4, -0.2) is 61.9 Å². The van der Waals surface area contributed by atoms with Gasteiger partial charge in [-0.3, -0.25) is 4.79 Å². The third-order valence-electron chi connectivity index (χ3n) is 7.64. The SMILES string of the molecule is COc1ccc([C@@H]2[C@@H]3CCCC[C@@]3(O)CC[NH+]2CC(=O)N2CCCCC2)cc1OC. The van der Waals surface area contributed by atoms with Crippen LogP contribution in [0.4, 0.5) is 0 Å². The number of likely N-dealkylation sites (tertiary alicyclic amines) is 2. The van der Waals surface area contributed by atoms with Gasteiger partial charge in [0.2, 0.25) is 0 Å². The molecule has 3 aliphatic rings. The number of nitrogens with zero attached hydrogens (tertiary/aromatic N) is 1. The van der Waals surface area contributed by atoms with E-state index in [9.17, 15) is 9.90 Å². The standard InChI is InChI=1S/C24H36N2O4/c1-29-20-10-9-18(16-21(20)30-2)23-19-8-4-5-11-24(19,28)12-15-26(23)17-22(27)25-13-6-3-7-14-25/h9-10,16,19,23,28H,3-8,11-15,17H2,1-2H3/p+1/t19-,23+,24+/m0/s1. The van der Waals surface area contributed by atoms with Crippen molar-refractivity contribution in [3.8, 4) is 11.5 Å². The second kappa shape index (κ2) is 9.15. The molecule has 30 heavy (non-hydrogen) atoms. The molecule has 0 bridgehead atoms. The highest BCUT2D eigenvalue weighted by Crippen LogP contribution is 2.45. The van der Waals surface area contributed by atoms with Gasteiger partial charge >= 0.3 is 0 Å². The number of quaternary nitrogens is 1. The number of nitrogens with one attached hydrogen (secondary N) is 1. The lowest BCUT2D eigenvalue weighted by Crippen LogP contribution is -3.16. The van der Waals surface area contributed by atoms with Gasteiger partial charge in [-0.1, -0.05) is 12.8 Å². The van der Waals surface area contributed by atoms with E-state index in [1.807, 2.05) is 11.0 Å². The maximum atomic E-state index is 13.1. The number of hydrogen-bond donors (Lipinski definition) is 2. The summed E-state index contributed by atoms with van der Waals surface area (Å²) in [4.78, 5) is 16.4. The second-order valence-electron chi connectivity index (χ2n) is 9.32. The Bertz CT molecular complexity index is 749. The van der Waals surface area contributed by atoms with E-state index < -0.39 is 5.60 Å². The van der Waals surface area contributed by atoms with E-state index in [4.69, 9.17) is 9.47 Å². The summed E-state index contributed by atoms with van der Waals surface area (Å²) in [5.74, 6) is 1.85. The minimum Gasteiger partial charge on any atom is -0.493 e. The number of amides is 1. The largest absolute Gasteiger partial charge is 0.493 e. The van der Waals surface area contributed by atoms with Crippen molar-refractivity contribution in [1.82, 2.24) is 4.90 Å².